The van der Waals surface area contributed by atoms with Crippen LogP contribution in [0.4, 0.5) is 0 Å². The molecule has 2 nitrogen and oxygen atoms in total. The Morgan fingerprint density at radius 3 is 2.12 bits per heavy atom. The standard InChI is InChI=1S/C14H20N2/c1-16-3-2-15-13(16)14-7-10-4-11(8-14)6-12(5-10)9-14/h2-3,10-12H,4-9H2,1H3. The van der Waals surface area contributed by atoms with E-state index in [1.807, 2.05) is 6.20 Å². The quantitative estimate of drug-likeness (QED) is 0.706. The Labute approximate surface area is 97.1 Å². The summed E-state index contributed by atoms with van der Waals surface area (Å²) in [6.45, 7) is 0. The molecule has 5 rings (SSSR count). The number of hydrogen-bond donors (Lipinski definition) is 0. The number of aromatic nitrogens is 2. The summed E-state index contributed by atoms with van der Waals surface area (Å²) >= 11 is 0. The Morgan fingerprint density at radius 1 is 1.12 bits per heavy atom. The van der Waals surface area contributed by atoms with Crippen LogP contribution in [0.15, 0.2) is 12.4 Å². The van der Waals surface area contributed by atoms with Crippen LogP contribution in [-0.2, 0) is 12.5 Å². The van der Waals surface area contributed by atoms with Gasteiger partial charge in [0.05, 0.1) is 0 Å². The molecule has 16 heavy (non-hydrogen) atoms. The smallest absolute Gasteiger partial charge is 0.114 e. The van der Waals surface area contributed by atoms with Crippen LogP contribution in [0.25, 0.3) is 0 Å². The molecule has 0 aliphatic heterocycles. The van der Waals surface area contributed by atoms with Crippen LogP contribution >= 0.6 is 0 Å². The lowest BCUT2D eigenvalue weighted by Crippen LogP contribution is -2.49. The van der Waals surface area contributed by atoms with Gasteiger partial charge in [0.25, 0.3) is 0 Å². The van der Waals surface area contributed by atoms with Gasteiger partial charge in [-0.1, -0.05) is 0 Å². The molecule has 0 aromatic carbocycles. The van der Waals surface area contributed by atoms with Gasteiger partial charge in [0.15, 0.2) is 0 Å². The topological polar surface area (TPSA) is 17.8 Å². The third-order valence-electron chi connectivity index (χ3n) is 5.33. The lowest BCUT2D eigenvalue weighted by atomic mass is 9.49. The zero-order valence-corrected chi connectivity index (χ0v) is 10.0. The molecule has 4 bridgehead atoms. The van der Waals surface area contributed by atoms with Gasteiger partial charge in [-0.25, -0.2) is 4.98 Å². The zero-order chi connectivity index (χ0) is 10.8. The van der Waals surface area contributed by atoms with Crippen molar-refractivity contribution in [2.75, 3.05) is 0 Å². The molecule has 0 radical (unpaired) electrons. The first-order valence-electron chi connectivity index (χ1n) is 6.73. The van der Waals surface area contributed by atoms with Crippen molar-refractivity contribution in [2.45, 2.75) is 43.9 Å². The van der Waals surface area contributed by atoms with Gasteiger partial charge in [-0.15, -0.1) is 0 Å². The van der Waals surface area contributed by atoms with Crippen molar-refractivity contribution in [3.05, 3.63) is 18.2 Å². The highest BCUT2D eigenvalue weighted by Crippen LogP contribution is 2.60. The molecular weight excluding hydrogens is 196 g/mol. The highest BCUT2D eigenvalue weighted by Gasteiger charge is 2.53. The summed E-state index contributed by atoms with van der Waals surface area (Å²) in [5.41, 5.74) is 0.465. The number of nitrogens with zero attached hydrogens (tertiary/aromatic N) is 2. The average Bonchev–Trinajstić information content (AvgIpc) is 2.62. The lowest BCUT2D eigenvalue weighted by Gasteiger charge is -2.56. The fourth-order valence-electron chi connectivity index (χ4n) is 5.26. The van der Waals surface area contributed by atoms with Crippen molar-refractivity contribution in [3.63, 3.8) is 0 Å². The van der Waals surface area contributed by atoms with Gasteiger partial charge in [-0.2, -0.15) is 0 Å². The molecule has 4 saturated carbocycles. The summed E-state index contributed by atoms with van der Waals surface area (Å²) in [6, 6.07) is 0. The predicted molar refractivity (Wildman–Crippen MR) is 63.1 cm³/mol. The van der Waals surface area contributed by atoms with Crippen molar-refractivity contribution in [2.24, 2.45) is 24.8 Å². The Bertz CT molecular complexity index is 383. The summed E-state index contributed by atoms with van der Waals surface area (Å²) < 4.78 is 2.27. The average molecular weight is 216 g/mol. The number of rotatable bonds is 1. The molecule has 0 amide bonds. The van der Waals surface area contributed by atoms with Gasteiger partial charge >= 0.3 is 0 Å². The molecule has 0 atom stereocenters. The van der Waals surface area contributed by atoms with Crippen LogP contribution in [0.3, 0.4) is 0 Å². The van der Waals surface area contributed by atoms with E-state index in [0.717, 1.165) is 17.8 Å². The fraction of sp³-hybridized carbons (Fsp3) is 0.786. The molecular formula is C14H20N2. The third-order valence-corrected chi connectivity index (χ3v) is 5.33. The highest BCUT2D eigenvalue weighted by molar-refractivity contribution is 5.18. The fourth-order valence-corrected chi connectivity index (χ4v) is 5.26. The van der Waals surface area contributed by atoms with Gasteiger partial charge in [0.2, 0.25) is 0 Å². The van der Waals surface area contributed by atoms with Crippen LogP contribution in [0.1, 0.15) is 44.3 Å². The molecule has 4 aliphatic rings. The molecule has 0 saturated heterocycles. The maximum absolute atomic E-state index is 4.67. The summed E-state index contributed by atoms with van der Waals surface area (Å²) in [5.74, 6) is 4.43. The molecule has 0 unspecified atom stereocenters. The van der Waals surface area contributed by atoms with Crippen molar-refractivity contribution in [1.82, 2.24) is 9.55 Å². The van der Waals surface area contributed by atoms with Gasteiger partial charge < -0.3 is 4.57 Å². The van der Waals surface area contributed by atoms with Crippen LogP contribution in [0.2, 0.25) is 0 Å². The van der Waals surface area contributed by atoms with Crippen LogP contribution in [0.5, 0.6) is 0 Å². The van der Waals surface area contributed by atoms with E-state index in [4.69, 9.17) is 0 Å². The minimum Gasteiger partial charge on any atom is -0.338 e. The van der Waals surface area contributed by atoms with E-state index in [0.29, 0.717) is 5.41 Å². The van der Waals surface area contributed by atoms with Crippen LogP contribution in [-0.4, -0.2) is 9.55 Å². The number of hydrogen-bond acceptors (Lipinski definition) is 1. The Balaban J connectivity index is 1.79. The molecule has 1 heterocycles. The van der Waals surface area contributed by atoms with E-state index in [1.165, 1.54) is 44.3 Å². The van der Waals surface area contributed by atoms with Crippen molar-refractivity contribution < 1.29 is 0 Å². The third kappa shape index (κ3) is 1.11. The second kappa shape index (κ2) is 2.91. The van der Waals surface area contributed by atoms with E-state index in [-0.39, 0.29) is 0 Å². The Kier molecular flexibility index (Phi) is 1.68. The van der Waals surface area contributed by atoms with E-state index in [2.05, 4.69) is 22.8 Å². The first-order valence-corrected chi connectivity index (χ1v) is 6.73. The second-order valence-corrected chi connectivity index (χ2v) is 6.56. The lowest BCUT2D eigenvalue weighted by molar-refractivity contribution is -0.0106. The number of aryl methyl sites for hydroxylation is 1. The van der Waals surface area contributed by atoms with E-state index >= 15 is 0 Å². The van der Waals surface area contributed by atoms with E-state index in [1.54, 1.807) is 0 Å². The Hall–Kier alpha value is -0.790. The highest BCUT2D eigenvalue weighted by atomic mass is 15.1. The molecule has 2 heteroatoms. The largest absolute Gasteiger partial charge is 0.338 e. The molecule has 86 valence electrons. The van der Waals surface area contributed by atoms with Gasteiger partial charge in [0.1, 0.15) is 5.82 Å². The normalized spacial score (nSPS) is 45.2. The van der Waals surface area contributed by atoms with Crippen molar-refractivity contribution >= 4 is 0 Å². The molecule has 4 aliphatic carbocycles. The first-order chi connectivity index (χ1) is 7.75. The van der Waals surface area contributed by atoms with Gasteiger partial charge in [-0.05, 0) is 56.3 Å². The van der Waals surface area contributed by atoms with Crippen molar-refractivity contribution in [1.29, 1.82) is 0 Å². The minimum absolute atomic E-state index is 0.465. The molecule has 0 spiro atoms. The van der Waals surface area contributed by atoms with Crippen LogP contribution < -0.4 is 0 Å². The zero-order valence-electron chi connectivity index (χ0n) is 10.0. The van der Waals surface area contributed by atoms with Gasteiger partial charge in [0, 0.05) is 24.9 Å². The molecule has 1 aromatic rings. The summed E-state index contributed by atoms with van der Waals surface area (Å²) in [5, 5.41) is 0. The Morgan fingerprint density at radius 2 is 1.69 bits per heavy atom. The van der Waals surface area contributed by atoms with Gasteiger partial charge in [-0.3, -0.25) is 0 Å². The molecule has 1 aromatic heterocycles. The molecule has 4 fully saturated rings. The predicted octanol–water partition coefficient (Wildman–Crippen LogP) is 2.89. The first kappa shape index (κ1) is 9.26. The van der Waals surface area contributed by atoms with Crippen LogP contribution in [0, 0.1) is 17.8 Å². The maximum Gasteiger partial charge on any atom is 0.114 e. The number of imidazole rings is 1. The summed E-state index contributed by atoms with van der Waals surface area (Å²) in [6.07, 6.45) is 12.9. The molecule has 0 N–H and O–H groups in total. The second-order valence-electron chi connectivity index (χ2n) is 6.56. The summed E-state index contributed by atoms with van der Waals surface area (Å²) in [7, 11) is 2.17. The maximum atomic E-state index is 4.67. The van der Waals surface area contributed by atoms with E-state index < -0.39 is 0 Å². The minimum atomic E-state index is 0.465. The van der Waals surface area contributed by atoms with E-state index in [9.17, 15) is 0 Å². The summed E-state index contributed by atoms with van der Waals surface area (Å²) in [4.78, 5) is 4.67. The SMILES string of the molecule is Cn1ccnc1C12CC3CC(CC(C3)C1)C2. The monoisotopic (exact) mass is 216 g/mol. The van der Waals surface area contributed by atoms with Crippen molar-refractivity contribution in [3.8, 4) is 0 Å².